The van der Waals surface area contributed by atoms with Gasteiger partial charge in [-0.15, -0.1) is 29.1 Å². The highest BCUT2D eigenvalue weighted by Gasteiger charge is 2.21. The molecule has 29 heavy (non-hydrogen) atoms. The normalized spacial score (nSPS) is 14.6. The van der Waals surface area contributed by atoms with Crippen LogP contribution in [0.15, 0.2) is 52.1 Å². The van der Waals surface area contributed by atoms with Gasteiger partial charge in [-0.05, 0) is 24.3 Å². The number of rotatable bonds is 4. The number of H-pyrrole nitrogens is 1. The molecule has 0 aliphatic carbocycles. The third-order valence-corrected chi connectivity index (χ3v) is 4.67. The summed E-state index contributed by atoms with van der Waals surface area (Å²) < 4.78 is 19.3. The molecule has 10 heteroatoms. The molecule has 1 saturated heterocycles. The van der Waals surface area contributed by atoms with Gasteiger partial charge >= 0.3 is 0 Å². The predicted octanol–water partition coefficient (Wildman–Crippen LogP) is 2.72. The number of nitrogens with one attached hydrogen (secondary N) is 2. The number of benzene rings is 1. The van der Waals surface area contributed by atoms with E-state index >= 15 is 0 Å². The number of aromatic nitrogens is 3. The first-order valence-corrected chi connectivity index (χ1v) is 9.15. The predicted molar refractivity (Wildman–Crippen MR) is 120 cm³/mol. The first-order chi connectivity index (χ1) is 13.7. The molecule has 0 unspecified atom stereocenters. The first kappa shape index (κ1) is 21.1. The van der Waals surface area contributed by atoms with Crippen LogP contribution >= 0.6 is 24.0 Å². The number of aliphatic imine (C=N–C) groups is 1. The molecule has 3 aromatic rings. The molecule has 0 atom stereocenters. The number of hydrogen-bond donors (Lipinski definition) is 2. The lowest BCUT2D eigenvalue weighted by Crippen LogP contribution is -2.52. The number of halogens is 2. The Labute approximate surface area is 185 Å². The zero-order valence-electron chi connectivity index (χ0n) is 16.0. The zero-order chi connectivity index (χ0) is 19.3. The van der Waals surface area contributed by atoms with Crippen molar-refractivity contribution in [2.24, 2.45) is 4.99 Å². The van der Waals surface area contributed by atoms with Crippen molar-refractivity contribution in [1.29, 1.82) is 0 Å². The minimum Gasteiger partial charge on any atom is -0.461 e. The maximum absolute atomic E-state index is 14.0. The summed E-state index contributed by atoms with van der Waals surface area (Å²) in [7, 11) is 1.75. The Balaban J connectivity index is 0.00000240. The molecule has 1 aromatic carbocycles. The van der Waals surface area contributed by atoms with Crippen molar-refractivity contribution in [3.63, 3.8) is 0 Å². The fourth-order valence-electron chi connectivity index (χ4n) is 3.25. The van der Waals surface area contributed by atoms with Gasteiger partial charge in [0.15, 0.2) is 11.7 Å². The van der Waals surface area contributed by atoms with E-state index < -0.39 is 0 Å². The van der Waals surface area contributed by atoms with Gasteiger partial charge in [-0.25, -0.2) is 9.37 Å². The highest BCUT2D eigenvalue weighted by molar-refractivity contribution is 14.0. The van der Waals surface area contributed by atoms with E-state index in [1.54, 1.807) is 25.4 Å². The van der Waals surface area contributed by atoms with Gasteiger partial charge in [-0.3, -0.25) is 10.1 Å². The number of hydrogen-bond acceptors (Lipinski definition) is 5. The average molecular weight is 511 g/mol. The van der Waals surface area contributed by atoms with E-state index in [0.29, 0.717) is 29.6 Å². The molecule has 2 aromatic heterocycles. The van der Waals surface area contributed by atoms with E-state index in [0.717, 1.165) is 32.1 Å². The largest absolute Gasteiger partial charge is 0.461 e. The standard InChI is InChI=1S/C19H22FN7O.HI/c1-21-19(22-13-17-23-18(25-24-17)16-7-4-12-28-16)27-10-8-26(9-11-27)15-6-3-2-5-14(15)20;/h2-7,12H,8-11,13H2,1H3,(H,21,22)(H,23,24,25);1H. The van der Waals surface area contributed by atoms with Crippen LogP contribution in [0.3, 0.4) is 0 Å². The third kappa shape index (κ3) is 4.86. The van der Waals surface area contributed by atoms with Crippen LogP contribution in [0.25, 0.3) is 11.6 Å². The summed E-state index contributed by atoms with van der Waals surface area (Å²) in [5.74, 6) is 2.43. The monoisotopic (exact) mass is 511 g/mol. The molecule has 0 bridgehead atoms. The first-order valence-electron chi connectivity index (χ1n) is 9.15. The van der Waals surface area contributed by atoms with Gasteiger partial charge in [0.2, 0.25) is 5.82 Å². The summed E-state index contributed by atoms with van der Waals surface area (Å²) in [6.45, 7) is 3.43. The van der Waals surface area contributed by atoms with E-state index in [-0.39, 0.29) is 29.8 Å². The van der Waals surface area contributed by atoms with Crippen LogP contribution in [-0.2, 0) is 6.54 Å². The zero-order valence-corrected chi connectivity index (χ0v) is 18.3. The second kappa shape index (κ2) is 9.72. The number of anilines is 1. The SMILES string of the molecule is CN=C(NCc1nc(-c2ccco2)n[nH]1)N1CCN(c2ccccc2F)CC1.I. The topological polar surface area (TPSA) is 85.6 Å². The van der Waals surface area contributed by atoms with Gasteiger partial charge in [-0.2, -0.15) is 0 Å². The highest BCUT2D eigenvalue weighted by atomic mass is 127. The Kier molecular flexibility index (Phi) is 7.07. The van der Waals surface area contributed by atoms with Crippen LogP contribution in [0.2, 0.25) is 0 Å². The number of aromatic amines is 1. The van der Waals surface area contributed by atoms with Gasteiger partial charge < -0.3 is 19.5 Å². The molecule has 4 rings (SSSR count). The summed E-state index contributed by atoms with van der Waals surface area (Å²) in [6.07, 6.45) is 1.59. The summed E-state index contributed by atoms with van der Waals surface area (Å²) in [6, 6.07) is 10.5. The molecule has 0 radical (unpaired) electrons. The Bertz CT molecular complexity index is 936. The molecule has 2 N–H and O–H groups in total. The Hall–Kier alpha value is -2.63. The van der Waals surface area contributed by atoms with Gasteiger partial charge in [-0.1, -0.05) is 12.1 Å². The summed E-state index contributed by atoms with van der Waals surface area (Å²) in [5, 5.41) is 10.4. The fraction of sp³-hybridized carbons (Fsp3) is 0.316. The second-order valence-electron chi connectivity index (χ2n) is 6.41. The molecule has 0 amide bonds. The van der Waals surface area contributed by atoms with Gasteiger partial charge in [0.25, 0.3) is 0 Å². The third-order valence-electron chi connectivity index (χ3n) is 4.67. The van der Waals surface area contributed by atoms with Crippen LogP contribution in [0.1, 0.15) is 5.82 Å². The summed E-state index contributed by atoms with van der Waals surface area (Å²) in [5.41, 5.74) is 0.650. The second-order valence-corrected chi connectivity index (χ2v) is 6.41. The molecule has 154 valence electrons. The van der Waals surface area contributed by atoms with Crippen molar-refractivity contribution in [2.45, 2.75) is 6.54 Å². The minimum atomic E-state index is -0.184. The molecule has 1 aliphatic rings. The molecule has 0 saturated carbocycles. The summed E-state index contributed by atoms with van der Waals surface area (Å²) >= 11 is 0. The van der Waals surface area contributed by atoms with Crippen LogP contribution < -0.4 is 10.2 Å². The van der Waals surface area contributed by atoms with Crippen molar-refractivity contribution in [3.05, 3.63) is 54.3 Å². The minimum absolute atomic E-state index is 0. The highest BCUT2D eigenvalue weighted by Crippen LogP contribution is 2.20. The molecule has 1 aliphatic heterocycles. The van der Waals surface area contributed by atoms with Gasteiger partial charge in [0.1, 0.15) is 11.6 Å². The molecule has 3 heterocycles. The lowest BCUT2D eigenvalue weighted by molar-refractivity contribution is 0.370. The van der Waals surface area contributed by atoms with E-state index in [4.69, 9.17) is 4.42 Å². The average Bonchev–Trinajstić information content (AvgIpc) is 3.41. The van der Waals surface area contributed by atoms with E-state index in [2.05, 4.69) is 35.3 Å². The van der Waals surface area contributed by atoms with Crippen LogP contribution in [0.4, 0.5) is 10.1 Å². The van der Waals surface area contributed by atoms with Crippen molar-refractivity contribution < 1.29 is 8.81 Å². The summed E-state index contributed by atoms with van der Waals surface area (Å²) in [4.78, 5) is 13.0. The maximum Gasteiger partial charge on any atom is 0.216 e. The number of piperazine rings is 1. The number of nitrogens with zero attached hydrogens (tertiary/aromatic N) is 5. The van der Waals surface area contributed by atoms with Crippen molar-refractivity contribution in [3.8, 4) is 11.6 Å². The number of para-hydroxylation sites is 1. The number of guanidine groups is 1. The quantitative estimate of drug-likeness (QED) is 0.319. The smallest absolute Gasteiger partial charge is 0.216 e. The Morgan fingerprint density at radius 1 is 1.21 bits per heavy atom. The fourth-order valence-corrected chi connectivity index (χ4v) is 3.25. The molecular formula is C19H23FIN7O. The van der Waals surface area contributed by atoms with Crippen molar-refractivity contribution >= 4 is 35.6 Å². The lowest BCUT2D eigenvalue weighted by atomic mass is 10.2. The van der Waals surface area contributed by atoms with E-state index in [1.807, 2.05) is 18.2 Å². The maximum atomic E-state index is 14.0. The Morgan fingerprint density at radius 2 is 2.00 bits per heavy atom. The molecule has 8 nitrogen and oxygen atoms in total. The van der Waals surface area contributed by atoms with Gasteiger partial charge in [0, 0.05) is 33.2 Å². The lowest BCUT2D eigenvalue weighted by Gasteiger charge is -2.37. The molecule has 0 spiro atoms. The van der Waals surface area contributed by atoms with Gasteiger partial charge in [0.05, 0.1) is 18.5 Å². The molecule has 1 fully saturated rings. The number of furan rings is 1. The van der Waals surface area contributed by atoms with Crippen molar-refractivity contribution in [2.75, 3.05) is 38.1 Å². The Morgan fingerprint density at radius 3 is 2.69 bits per heavy atom. The van der Waals surface area contributed by atoms with Crippen LogP contribution in [-0.4, -0.2) is 59.3 Å². The van der Waals surface area contributed by atoms with E-state index in [9.17, 15) is 4.39 Å². The van der Waals surface area contributed by atoms with Crippen LogP contribution in [0.5, 0.6) is 0 Å². The molecular weight excluding hydrogens is 488 g/mol. The van der Waals surface area contributed by atoms with E-state index in [1.165, 1.54) is 6.07 Å². The van der Waals surface area contributed by atoms with Crippen molar-refractivity contribution in [1.82, 2.24) is 25.4 Å². The van der Waals surface area contributed by atoms with Crippen LogP contribution in [0, 0.1) is 5.82 Å².